The molecule has 2 heteroatoms. The SMILES string of the molecule is CCC(=O)c1ccc(OCCC2(C)CCCC2)cc1. The molecule has 1 aliphatic carbocycles. The van der Waals surface area contributed by atoms with E-state index in [0.29, 0.717) is 11.8 Å². The molecule has 2 nitrogen and oxygen atoms in total. The second-order valence-corrected chi connectivity index (χ2v) is 5.92. The Labute approximate surface area is 116 Å². The maximum atomic E-state index is 11.5. The number of carbonyl (C=O) groups excluding carboxylic acids is 1. The number of rotatable bonds is 6. The van der Waals surface area contributed by atoms with E-state index in [2.05, 4.69) is 6.92 Å². The summed E-state index contributed by atoms with van der Waals surface area (Å²) < 4.78 is 5.79. The van der Waals surface area contributed by atoms with Crippen LogP contribution in [0.15, 0.2) is 24.3 Å². The molecule has 0 spiro atoms. The predicted octanol–water partition coefficient (Wildman–Crippen LogP) is 4.63. The Morgan fingerprint density at radius 3 is 2.42 bits per heavy atom. The van der Waals surface area contributed by atoms with Crippen LogP contribution in [0.25, 0.3) is 0 Å². The summed E-state index contributed by atoms with van der Waals surface area (Å²) in [4.78, 5) is 11.5. The summed E-state index contributed by atoms with van der Waals surface area (Å²) in [7, 11) is 0. The van der Waals surface area contributed by atoms with Crippen molar-refractivity contribution in [3.8, 4) is 5.75 Å². The normalized spacial score (nSPS) is 17.4. The molecule has 0 bridgehead atoms. The third-order valence-corrected chi connectivity index (χ3v) is 4.28. The zero-order valence-electron chi connectivity index (χ0n) is 12.1. The molecule has 0 aliphatic heterocycles. The van der Waals surface area contributed by atoms with Gasteiger partial charge in [-0.3, -0.25) is 4.79 Å². The Morgan fingerprint density at radius 1 is 1.21 bits per heavy atom. The zero-order chi connectivity index (χ0) is 13.7. The predicted molar refractivity (Wildman–Crippen MR) is 77.8 cm³/mol. The Morgan fingerprint density at radius 2 is 1.84 bits per heavy atom. The van der Waals surface area contributed by atoms with E-state index < -0.39 is 0 Å². The van der Waals surface area contributed by atoms with E-state index in [0.717, 1.165) is 24.3 Å². The van der Waals surface area contributed by atoms with Crippen molar-refractivity contribution in [2.75, 3.05) is 6.61 Å². The van der Waals surface area contributed by atoms with Gasteiger partial charge in [-0.2, -0.15) is 0 Å². The van der Waals surface area contributed by atoms with Crippen molar-refractivity contribution in [1.29, 1.82) is 0 Å². The Hall–Kier alpha value is -1.31. The van der Waals surface area contributed by atoms with Gasteiger partial charge in [-0.05, 0) is 48.9 Å². The van der Waals surface area contributed by atoms with Crippen LogP contribution in [-0.4, -0.2) is 12.4 Å². The summed E-state index contributed by atoms with van der Waals surface area (Å²) in [6.45, 7) is 5.03. The number of hydrogen-bond donors (Lipinski definition) is 0. The Bertz CT molecular complexity index is 413. The summed E-state index contributed by atoms with van der Waals surface area (Å²) in [5.41, 5.74) is 1.26. The molecule has 0 N–H and O–H groups in total. The summed E-state index contributed by atoms with van der Waals surface area (Å²) in [6.07, 6.45) is 7.08. The third-order valence-electron chi connectivity index (χ3n) is 4.28. The number of carbonyl (C=O) groups is 1. The fraction of sp³-hybridized carbons (Fsp3) is 0.588. The van der Waals surface area contributed by atoms with Crippen LogP contribution in [-0.2, 0) is 0 Å². The molecule has 0 atom stereocenters. The fourth-order valence-electron chi connectivity index (χ4n) is 2.84. The van der Waals surface area contributed by atoms with Gasteiger partial charge in [-0.1, -0.05) is 26.7 Å². The largest absolute Gasteiger partial charge is 0.494 e. The van der Waals surface area contributed by atoms with Crippen LogP contribution >= 0.6 is 0 Å². The number of Topliss-reactive ketones (excluding diaryl/α,β-unsaturated/α-hetero) is 1. The monoisotopic (exact) mass is 260 g/mol. The first-order valence-electron chi connectivity index (χ1n) is 7.39. The van der Waals surface area contributed by atoms with Crippen LogP contribution in [0.2, 0.25) is 0 Å². The quantitative estimate of drug-likeness (QED) is 0.697. The maximum Gasteiger partial charge on any atom is 0.162 e. The van der Waals surface area contributed by atoms with Crippen molar-refractivity contribution < 1.29 is 9.53 Å². The molecule has 0 unspecified atom stereocenters. The van der Waals surface area contributed by atoms with Gasteiger partial charge in [0.1, 0.15) is 5.75 Å². The van der Waals surface area contributed by atoms with Crippen LogP contribution in [0.4, 0.5) is 0 Å². The molecule has 1 aromatic carbocycles. The van der Waals surface area contributed by atoms with Gasteiger partial charge in [0.25, 0.3) is 0 Å². The van der Waals surface area contributed by atoms with Crippen LogP contribution in [0.3, 0.4) is 0 Å². The molecule has 19 heavy (non-hydrogen) atoms. The first-order valence-corrected chi connectivity index (χ1v) is 7.39. The van der Waals surface area contributed by atoms with Gasteiger partial charge < -0.3 is 4.74 Å². The lowest BCUT2D eigenvalue weighted by atomic mass is 9.86. The molecule has 1 fully saturated rings. The van der Waals surface area contributed by atoms with Crippen molar-refractivity contribution in [2.45, 2.75) is 52.4 Å². The summed E-state index contributed by atoms with van der Waals surface area (Å²) in [5, 5.41) is 0. The summed E-state index contributed by atoms with van der Waals surface area (Å²) in [5.74, 6) is 1.05. The smallest absolute Gasteiger partial charge is 0.162 e. The van der Waals surface area contributed by atoms with Crippen LogP contribution in [0.1, 0.15) is 62.7 Å². The minimum Gasteiger partial charge on any atom is -0.494 e. The number of benzene rings is 1. The highest BCUT2D eigenvalue weighted by Gasteiger charge is 2.28. The second-order valence-electron chi connectivity index (χ2n) is 5.92. The van der Waals surface area contributed by atoms with Gasteiger partial charge in [-0.25, -0.2) is 0 Å². The van der Waals surface area contributed by atoms with Crippen LogP contribution < -0.4 is 4.74 Å². The molecule has 0 radical (unpaired) electrons. The van der Waals surface area contributed by atoms with E-state index in [1.165, 1.54) is 25.7 Å². The van der Waals surface area contributed by atoms with E-state index in [-0.39, 0.29) is 5.78 Å². The van der Waals surface area contributed by atoms with Gasteiger partial charge in [0, 0.05) is 12.0 Å². The topological polar surface area (TPSA) is 26.3 Å². The highest BCUT2D eigenvalue weighted by atomic mass is 16.5. The Balaban J connectivity index is 1.81. The lowest BCUT2D eigenvalue weighted by Gasteiger charge is -2.23. The first-order chi connectivity index (χ1) is 9.13. The summed E-state index contributed by atoms with van der Waals surface area (Å²) >= 11 is 0. The fourth-order valence-corrected chi connectivity index (χ4v) is 2.84. The van der Waals surface area contributed by atoms with Crippen molar-refractivity contribution in [1.82, 2.24) is 0 Å². The van der Waals surface area contributed by atoms with Crippen molar-refractivity contribution in [2.24, 2.45) is 5.41 Å². The highest BCUT2D eigenvalue weighted by Crippen LogP contribution is 2.40. The lowest BCUT2D eigenvalue weighted by molar-refractivity contribution is 0.0988. The average molecular weight is 260 g/mol. The van der Waals surface area contributed by atoms with Crippen molar-refractivity contribution in [3.63, 3.8) is 0 Å². The second kappa shape index (κ2) is 6.23. The van der Waals surface area contributed by atoms with Gasteiger partial charge >= 0.3 is 0 Å². The molecular weight excluding hydrogens is 236 g/mol. The van der Waals surface area contributed by atoms with Gasteiger partial charge in [0.05, 0.1) is 6.61 Å². The highest BCUT2D eigenvalue weighted by molar-refractivity contribution is 5.95. The number of hydrogen-bond acceptors (Lipinski definition) is 2. The number of ketones is 1. The Kier molecular flexibility index (Phi) is 4.62. The van der Waals surface area contributed by atoms with E-state index in [9.17, 15) is 4.79 Å². The van der Waals surface area contributed by atoms with Crippen molar-refractivity contribution >= 4 is 5.78 Å². The van der Waals surface area contributed by atoms with E-state index in [1.807, 2.05) is 31.2 Å². The van der Waals surface area contributed by atoms with E-state index in [4.69, 9.17) is 4.74 Å². The van der Waals surface area contributed by atoms with Gasteiger partial charge in [-0.15, -0.1) is 0 Å². The molecule has 0 saturated heterocycles. The number of ether oxygens (including phenoxy) is 1. The van der Waals surface area contributed by atoms with Crippen LogP contribution in [0.5, 0.6) is 5.75 Å². The molecule has 0 heterocycles. The van der Waals surface area contributed by atoms with Gasteiger partial charge in [0.15, 0.2) is 5.78 Å². The molecule has 2 rings (SSSR count). The standard InChI is InChI=1S/C17H24O2/c1-3-16(18)14-6-8-15(9-7-14)19-13-12-17(2)10-4-5-11-17/h6-9H,3-5,10-13H2,1-2H3. The molecule has 1 saturated carbocycles. The summed E-state index contributed by atoms with van der Waals surface area (Å²) in [6, 6.07) is 7.52. The maximum absolute atomic E-state index is 11.5. The zero-order valence-corrected chi connectivity index (χ0v) is 12.1. The van der Waals surface area contributed by atoms with Crippen LogP contribution in [0, 0.1) is 5.41 Å². The molecular formula is C17H24O2. The molecule has 1 aromatic rings. The minimum atomic E-state index is 0.185. The lowest BCUT2D eigenvalue weighted by Crippen LogP contribution is -2.15. The van der Waals surface area contributed by atoms with E-state index >= 15 is 0 Å². The molecule has 0 amide bonds. The average Bonchev–Trinajstić information content (AvgIpc) is 2.86. The first kappa shape index (κ1) is 14.1. The van der Waals surface area contributed by atoms with Crippen molar-refractivity contribution in [3.05, 3.63) is 29.8 Å². The van der Waals surface area contributed by atoms with Gasteiger partial charge in [0.2, 0.25) is 0 Å². The minimum absolute atomic E-state index is 0.185. The molecule has 0 aromatic heterocycles. The third kappa shape index (κ3) is 3.82. The molecule has 104 valence electrons. The molecule has 1 aliphatic rings. The van der Waals surface area contributed by atoms with E-state index in [1.54, 1.807) is 0 Å².